The van der Waals surface area contributed by atoms with Gasteiger partial charge in [-0.15, -0.1) is 0 Å². The Morgan fingerprint density at radius 2 is 1.80 bits per heavy atom. The van der Waals surface area contributed by atoms with E-state index >= 15 is 0 Å². The lowest BCUT2D eigenvalue weighted by atomic mass is 10.3. The van der Waals surface area contributed by atoms with Crippen LogP contribution in [0.3, 0.4) is 0 Å². The van der Waals surface area contributed by atoms with Crippen LogP contribution in [-0.2, 0) is 0 Å². The highest BCUT2D eigenvalue weighted by Crippen LogP contribution is 2.33. The smallest absolute Gasteiger partial charge is 0.274 e. The molecule has 0 aliphatic heterocycles. The van der Waals surface area contributed by atoms with Crippen molar-refractivity contribution < 1.29 is 4.79 Å². The molecular formula is C13H10Cl3N3O. The van der Waals surface area contributed by atoms with Gasteiger partial charge in [-0.3, -0.25) is 4.79 Å². The normalized spacial score (nSPS) is 10.2. The van der Waals surface area contributed by atoms with Gasteiger partial charge in [0.1, 0.15) is 11.5 Å². The van der Waals surface area contributed by atoms with Gasteiger partial charge in [0.25, 0.3) is 5.91 Å². The molecule has 0 saturated carbocycles. The number of nitrogens with zero attached hydrogens (tertiary/aromatic N) is 1. The second-order valence-electron chi connectivity index (χ2n) is 3.86. The van der Waals surface area contributed by atoms with Crippen molar-refractivity contribution in [1.82, 2.24) is 4.98 Å². The summed E-state index contributed by atoms with van der Waals surface area (Å²) in [5, 5.41) is 6.40. The van der Waals surface area contributed by atoms with Gasteiger partial charge in [0.15, 0.2) is 0 Å². The van der Waals surface area contributed by atoms with Crippen molar-refractivity contribution in [2.45, 2.75) is 0 Å². The molecule has 0 saturated heterocycles. The summed E-state index contributed by atoms with van der Waals surface area (Å²) in [6.45, 7) is 0. The number of rotatable bonds is 3. The SMILES string of the molecule is CNc1cccc(C(=O)Nc2c(Cl)cc(Cl)cc2Cl)n1. The Balaban J connectivity index is 2.28. The van der Waals surface area contributed by atoms with Gasteiger partial charge in [-0.2, -0.15) is 0 Å². The molecule has 0 atom stereocenters. The van der Waals surface area contributed by atoms with Crippen LogP contribution >= 0.6 is 34.8 Å². The van der Waals surface area contributed by atoms with Crippen molar-refractivity contribution in [2.24, 2.45) is 0 Å². The largest absolute Gasteiger partial charge is 0.373 e. The van der Waals surface area contributed by atoms with E-state index in [-0.39, 0.29) is 15.7 Å². The third-order valence-corrected chi connectivity index (χ3v) is 3.30. The molecule has 0 unspecified atom stereocenters. The predicted octanol–water partition coefficient (Wildman–Crippen LogP) is 4.34. The van der Waals surface area contributed by atoms with Gasteiger partial charge in [-0.25, -0.2) is 4.98 Å². The quantitative estimate of drug-likeness (QED) is 0.880. The highest BCUT2D eigenvalue weighted by Gasteiger charge is 2.14. The first-order valence-corrected chi connectivity index (χ1v) is 6.75. The van der Waals surface area contributed by atoms with Crippen LogP contribution in [0.2, 0.25) is 15.1 Å². The molecule has 2 aromatic rings. The first-order chi connectivity index (χ1) is 9.51. The monoisotopic (exact) mass is 329 g/mol. The van der Waals surface area contributed by atoms with Gasteiger partial charge in [-0.05, 0) is 24.3 Å². The first kappa shape index (κ1) is 14.9. The van der Waals surface area contributed by atoms with E-state index < -0.39 is 5.91 Å². The summed E-state index contributed by atoms with van der Waals surface area (Å²) in [4.78, 5) is 16.2. The number of carbonyl (C=O) groups is 1. The Labute approximate surface area is 131 Å². The van der Waals surface area contributed by atoms with Gasteiger partial charge in [-0.1, -0.05) is 40.9 Å². The van der Waals surface area contributed by atoms with E-state index in [1.165, 1.54) is 12.1 Å². The lowest BCUT2D eigenvalue weighted by Crippen LogP contribution is -2.14. The average Bonchev–Trinajstić information content (AvgIpc) is 2.42. The zero-order valence-corrected chi connectivity index (χ0v) is 12.6. The molecule has 0 aliphatic rings. The summed E-state index contributed by atoms with van der Waals surface area (Å²) >= 11 is 17.8. The van der Waals surface area contributed by atoms with E-state index in [1.807, 2.05) is 0 Å². The first-order valence-electron chi connectivity index (χ1n) is 5.62. The highest BCUT2D eigenvalue weighted by molar-refractivity contribution is 6.42. The zero-order chi connectivity index (χ0) is 14.7. The Hall–Kier alpha value is -1.49. The maximum atomic E-state index is 12.1. The van der Waals surface area contributed by atoms with Crippen LogP contribution in [-0.4, -0.2) is 17.9 Å². The third kappa shape index (κ3) is 3.33. The maximum absolute atomic E-state index is 12.1. The van der Waals surface area contributed by atoms with E-state index in [2.05, 4.69) is 15.6 Å². The maximum Gasteiger partial charge on any atom is 0.274 e. The van der Waals surface area contributed by atoms with Crippen molar-refractivity contribution in [3.05, 3.63) is 51.1 Å². The van der Waals surface area contributed by atoms with Gasteiger partial charge in [0, 0.05) is 12.1 Å². The number of amides is 1. The minimum Gasteiger partial charge on any atom is -0.373 e. The molecule has 7 heteroatoms. The highest BCUT2D eigenvalue weighted by atomic mass is 35.5. The van der Waals surface area contributed by atoms with Crippen molar-refractivity contribution in [1.29, 1.82) is 0 Å². The van der Waals surface area contributed by atoms with Crippen molar-refractivity contribution in [2.75, 3.05) is 17.7 Å². The van der Waals surface area contributed by atoms with E-state index in [0.29, 0.717) is 16.5 Å². The molecule has 1 aromatic heterocycles. The molecule has 0 spiro atoms. The molecule has 104 valence electrons. The summed E-state index contributed by atoms with van der Waals surface area (Å²) in [6, 6.07) is 8.07. The number of aromatic nitrogens is 1. The number of benzene rings is 1. The van der Waals surface area contributed by atoms with Crippen LogP contribution < -0.4 is 10.6 Å². The summed E-state index contributed by atoms with van der Waals surface area (Å²) in [5.74, 6) is 0.180. The minimum atomic E-state index is -0.409. The van der Waals surface area contributed by atoms with Gasteiger partial charge >= 0.3 is 0 Å². The van der Waals surface area contributed by atoms with Crippen LogP contribution in [0.15, 0.2) is 30.3 Å². The van der Waals surface area contributed by atoms with E-state index in [0.717, 1.165) is 0 Å². The van der Waals surface area contributed by atoms with Crippen LogP contribution in [0.5, 0.6) is 0 Å². The van der Waals surface area contributed by atoms with E-state index in [9.17, 15) is 4.79 Å². The summed E-state index contributed by atoms with van der Waals surface area (Å²) < 4.78 is 0. The molecular weight excluding hydrogens is 321 g/mol. The molecule has 1 amide bonds. The predicted molar refractivity (Wildman–Crippen MR) is 83.2 cm³/mol. The summed E-state index contributed by atoms with van der Waals surface area (Å²) in [6.07, 6.45) is 0. The second-order valence-corrected chi connectivity index (χ2v) is 5.11. The molecule has 1 heterocycles. The van der Waals surface area contributed by atoms with Gasteiger partial charge in [0.2, 0.25) is 0 Å². The van der Waals surface area contributed by atoms with Crippen LogP contribution in [0.4, 0.5) is 11.5 Å². The number of hydrogen-bond acceptors (Lipinski definition) is 3. The molecule has 0 radical (unpaired) electrons. The molecule has 1 aromatic carbocycles. The number of anilines is 2. The topological polar surface area (TPSA) is 54.0 Å². The van der Waals surface area contributed by atoms with Crippen LogP contribution in [0.25, 0.3) is 0 Å². The minimum absolute atomic E-state index is 0.249. The Kier molecular flexibility index (Phi) is 4.70. The number of pyridine rings is 1. The molecule has 0 fully saturated rings. The Morgan fingerprint density at radius 3 is 2.40 bits per heavy atom. The second kappa shape index (κ2) is 6.31. The van der Waals surface area contributed by atoms with E-state index in [4.69, 9.17) is 34.8 Å². The zero-order valence-electron chi connectivity index (χ0n) is 10.4. The molecule has 2 N–H and O–H groups in total. The van der Waals surface area contributed by atoms with Crippen molar-refractivity contribution in [3.63, 3.8) is 0 Å². The van der Waals surface area contributed by atoms with Gasteiger partial charge < -0.3 is 10.6 Å². The fraction of sp³-hybridized carbons (Fsp3) is 0.0769. The standard InChI is InChI=1S/C13H10Cl3N3O/c1-17-11-4-2-3-10(18-11)13(20)19-12-8(15)5-7(14)6-9(12)16/h2-6H,1H3,(H,17,18)(H,19,20). The average molecular weight is 331 g/mol. The number of hydrogen-bond donors (Lipinski definition) is 2. The Morgan fingerprint density at radius 1 is 1.15 bits per heavy atom. The summed E-state index contributed by atoms with van der Waals surface area (Å²) in [7, 11) is 1.72. The summed E-state index contributed by atoms with van der Waals surface area (Å²) in [5.41, 5.74) is 0.554. The molecule has 0 bridgehead atoms. The fourth-order valence-electron chi connectivity index (χ4n) is 1.54. The molecule has 2 rings (SSSR count). The molecule has 0 aliphatic carbocycles. The Bertz CT molecular complexity index is 638. The number of carbonyl (C=O) groups excluding carboxylic acids is 1. The van der Waals surface area contributed by atoms with Crippen LogP contribution in [0, 0.1) is 0 Å². The number of nitrogens with one attached hydrogen (secondary N) is 2. The van der Waals surface area contributed by atoms with E-state index in [1.54, 1.807) is 25.2 Å². The third-order valence-electron chi connectivity index (χ3n) is 2.48. The van der Waals surface area contributed by atoms with Crippen molar-refractivity contribution in [3.8, 4) is 0 Å². The van der Waals surface area contributed by atoms with Gasteiger partial charge in [0.05, 0.1) is 15.7 Å². The molecule has 4 nitrogen and oxygen atoms in total. The van der Waals surface area contributed by atoms with Crippen LogP contribution in [0.1, 0.15) is 10.5 Å². The molecule has 20 heavy (non-hydrogen) atoms. The lowest BCUT2D eigenvalue weighted by Gasteiger charge is -2.10. The van der Waals surface area contributed by atoms with Crippen molar-refractivity contribution >= 4 is 52.2 Å². The lowest BCUT2D eigenvalue weighted by molar-refractivity contribution is 0.102. The fourth-order valence-corrected chi connectivity index (χ4v) is 2.45. The number of halogens is 3.